The fraction of sp³-hybridized carbons (Fsp3) is 0.467. The molecule has 1 fully saturated rings. The number of carbonyl (C=O) groups excluding carboxylic acids is 1. The Kier molecular flexibility index (Phi) is 6.03. The number of imidazole rings is 1. The highest BCUT2D eigenvalue weighted by Gasteiger charge is 2.38. The minimum absolute atomic E-state index is 0.0738. The fourth-order valence-electron chi connectivity index (χ4n) is 2.75. The first-order valence-electron chi connectivity index (χ1n) is 8.40. The average Bonchev–Trinajstić information content (AvgIpc) is 3.20. The molecule has 0 aliphatic carbocycles. The highest BCUT2D eigenvalue weighted by atomic mass is 32.2. The third kappa shape index (κ3) is 4.65. The lowest BCUT2D eigenvalue weighted by molar-refractivity contribution is -0.396. The number of hydrogen-bond donors (Lipinski definition) is 2. The van der Waals surface area contributed by atoms with E-state index in [1.54, 1.807) is 4.90 Å². The van der Waals surface area contributed by atoms with Crippen LogP contribution in [0.4, 0.5) is 10.7 Å². The summed E-state index contributed by atoms with van der Waals surface area (Å²) < 4.78 is 11.2. The van der Waals surface area contributed by atoms with E-state index in [1.165, 1.54) is 35.9 Å². The Morgan fingerprint density at radius 1 is 1.55 bits per heavy atom. The summed E-state index contributed by atoms with van der Waals surface area (Å²) in [6.45, 7) is 3.50. The van der Waals surface area contributed by atoms with E-state index in [1.807, 2.05) is 0 Å². The largest absolute Gasteiger partial charge is 0.508 e. The van der Waals surface area contributed by atoms with Gasteiger partial charge in [-0.2, -0.15) is 4.99 Å². The van der Waals surface area contributed by atoms with Gasteiger partial charge in [-0.1, -0.05) is 11.6 Å². The minimum atomic E-state index is -0.952. The van der Waals surface area contributed by atoms with Crippen LogP contribution in [0.25, 0.3) is 0 Å². The quantitative estimate of drug-likeness (QED) is 0.367. The lowest BCUT2D eigenvalue weighted by Crippen LogP contribution is -2.33. The van der Waals surface area contributed by atoms with Gasteiger partial charge in [0, 0.05) is 6.42 Å². The molecule has 29 heavy (non-hydrogen) atoms. The summed E-state index contributed by atoms with van der Waals surface area (Å²) in [4.78, 5) is 35.2. The number of hydrogen-bond acceptors (Lipinski definition) is 12. The van der Waals surface area contributed by atoms with Crippen molar-refractivity contribution < 1.29 is 24.3 Å². The molecule has 3 atom stereocenters. The van der Waals surface area contributed by atoms with Crippen LogP contribution in [0, 0.1) is 10.1 Å². The molecule has 1 aromatic heterocycles. The van der Waals surface area contributed by atoms with Gasteiger partial charge in [0.05, 0.1) is 23.8 Å². The molecule has 3 N–H and O–H groups in total. The molecular formula is C15H19N7O6S. The SMILES string of the molecule is C=C1N=C(N)N=CN1[C@H]1CC(O)[C@@H](COC(=O)OCc2cnc([N+](=O)[O-])n2C)S1. The van der Waals surface area contributed by atoms with Gasteiger partial charge in [-0.05, 0) is 4.92 Å². The molecule has 0 amide bonds. The van der Waals surface area contributed by atoms with Crippen molar-refractivity contribution >= 4 is 36.2 Å². The van der Waals surface area contributed by atoms with Crippen LogP contribution in [0.2, 0.25) is 0 Å². The third-order valence-corrected chi connectivity index (χ3v) is 5.83. The summed E-state index contributed by atoms with van der Waals surface area (Å²) >= 11 is 1.39. The predicted octanol–water partition coefficient (Wildman–Crippen LogP) is 0.304. The Morgan fingerprint density at radius 2 is 2.31 bits per heavy atom. The zero-order valence-corrected chi connectivity index (χ0v) is 16.2. The van der Waals surface area contributed by atoms with Crippen LogP contribution in [0.15, 0.2) is 28.6 Å². The number of aromatic nitrogens is 2. The molecule has 2 aliphatic rings. The van der Waals surface area contributed by atoms with E-state index in [0.717, 1.165) is 0 Å². The molecule has 0 radical (unpaired) electrons. The van der Waals surface area contributed by atoms with E-state index in [-0.39, 0.29) is 35.7 Å². The van der Waals surface area contributed by atoms with Crippen molar-refractivity contribution in [1.29, 1.82) is 0 Å². The van der Waals surface area contributed by atoms with Gasteiger partial charge in [-0.25, -0.2) is 14.4 Å². The van der Waals surface area contributed by atoms with Crippen LogP contribution in [-0.2, 0) is 23.1 Å². The Morgan fingerprint density at radius 3 is 2.97 bits per heavy atom. The first-order chi connectivity index (χ1) is 13.8. The summed E-state index contributed by atoms with van der Waals surface area (Å²) in [5.74, 6) is 0.159. The van der Waals surface area contributed by atoms with Gasteiger partial charge in [0.1, 0.15) is 25.0 Å². The van der Waals surface area contributed by atoms with Gasteiger partial charge in [-0.3, -0.25) is 0 Å². The van der Waals surface area contributed by atoms with Crippen molar-refractivity contribution in [2.45, 2.75) is 29.8 Å². The molecule has 2 aliphatic heterocycles. The van der Waals surface area contributed by atoms with Crippen LogP contribution in [0.3, 0.4) is 0 Å². The van der Waals surface area contributed by atoms with Gasteiger partial charge in [-0.15, -0.1) is 11.8 Å². The van der Waals surface area contributed by atoms with Gasteiger partial charge in [0.15, 0.2) is 12.3 Å². The van der Waals surface area contributed by atoms with Gasteiger partial charge in [0.2, 0.25) is 5.96 Å². The monoisotopic (exact) mass is 425 g/mol. The number of nitrogens with two attached hydrogens (primary N) is 1. The Labute approximate surface area is 169 Å². The number of rotatable bonds is 6. The van der Waals surface area contributed by atoms with Gasteiger partial charge < -0.3 is 35.3 Å². The Bertz CT molecular complexity index is 885. The molecule has 3 rings (SSSR count). The zero-order valence-electron chi connectivity index (χ0n) is 15.4. The Balaban J connectivity index is 1.46. The van der Waals surface area contributed by atoms with Gasteiger partial charge >= 0.3 is 12.1 Å². The molecule has 1 aromatic rings. The van der Waals surface area contributed by atoms with Crippen molar-refractivity contribution in [3.63, 3.8) is 0 Å². The molecule has 1 unspecified atom stereocenters. The molecule has 156 valence electrons. The Hall–Kier alpha value is -3.13. The normalized spacial score (nSPS) is 23.8. The molecular weight excluding hydrogens is 406 g/mol. The summed E-state index contributed by atoms with van der Waals surface area (Å²) in [5.41, 5.74) is 5.86. The smallest absolute Gasteiger partial charge is 0.433 e. The molecule has 0 spiro atoms. The maximum atomic E-state index is 11.8. The summed E-state index contributed by atoms with van der Waals surface area (Å²) in [7, 11) is 1.44. The van der Waals surface area contributed by atoms with Crippen LogP contribution >= 0.6 is 11.8 Å². The van der Waals surface area contributed by atoms with E-state index in [4.69, 9.17) is 15.2 Å². The number of aliphatic imine (C=N–C) groups is 2. The van der Waals surface area contributed by atoms with Crippen molar-refractivity contribution in [2.75, 3.05) is 6.61 Å². The van der Waals surface area contributed by atoms with Crippen LogP contribution < -0.4 is 5.73 Å². The number of aliphatic hydroxyl groups excluding tert-OH is 1. The number of ether oxygens (including phenoxy) is 2. The lowest BCUT2D eigenvalue weighted by Gasteiger charge is -2.27. The molecule has 13 nitrogen and oxygen atoms in total. The molecule has 14 heteroatoms. The summed E-state index contributed by atoms with van der Waals surface area (Å²) in [6, 6.07) is 0. The van der Waals surface area contributed by atoms with Crippen molar-refractivity contribution in [1.82, 2.24) is 14.5 Å². The van der Waals surface area contributed by atoms with Crippen LogP contribution in [-0.4, -0.2) is 66.3 Å². The predicted molar refractivity (Wildman–Crippen MR) is 103 cm³/mol. The van der Waals surface area contributed by atoms with Crippen molar-refractivity contribution in [2.24, 2.45) is 22.8 Å². The second-order valence-electron chi connectivity index (χ2n) is 6.19. The summed E-state index contributed by atoms with van der Waals surface area (Å²) in [6.07, 6.45) is 1.47. The van der Waals surface area contributed by atoms with E-state index >= 15 is 0 Å². The first kappa shape index (κ1) is 20.6. The highest BCUT2D eigenvalue weighted by molar-refractivity contribution is 8.00. The van der Waals surface area contributed by atoms with E-state index in [2.05, 4.69) is 21.5 Å². The molecule has 3 heterocycles. The van der Waals surface area contributed by atoms with Crippen LogP contribution in [0.5, 0.6) is 0 Å². The number of thioether (sulfide) groups is 1. The maximum Gasteiger partial charge on any atom is 0.508 e. The highest BCUT2D eigenvalue weighted by Crippen LogP contribution is 2.37. The van der Waals surface area contributed by atoms with Gasteiger partial charge in [0.25, 0.3) is 0 Å². The van der Waals surface area contributed by atoms with E-state index in [0.29, 0.717) is 17.9 Å². The summed E-state index contributed by atoms with van der Waals surface area (Å²) in [5, 5.41) is 20.5. The maximum absolute atomic E-state index is 11.8. The number of guanidine groups is 1. The molecule has 0 saturated carbocycles. The second-order valence-corrected chi connectivity index (χ2v) is 7.61. The molecule has 0 aromatic carbocycles. The standard InChI is InChI=1S/C15H19N7O6S/c1-8-19-13(16)18-7-21(8)12-3-10(23)11(29-12)6-28-15(24)27-5-9-4-17-14(20(9)2)22(25)26/h4,7,10-12,23H,1,3,5-6H2,2H3,(H2,16,19)/t10?,11-,12-/m1/s1. The number of nitro groups is 1. The topological polar surface area (TPSA) is 171 Å². The van der Waals surface area contributed by atoms with Crippen molar-refractivity contribution in [3.05, 3.63) is 34.4 Å². The minimum Gasteiger partial charge on any atom is -0.433 e. The van der Waals surface area contributed by atoms with Crippen LogP contribution in [0.1, 0.15) is 12.1 Å². The second kappa shape index (κ2) is 8.48. The van der Waals surface area contributed by atoms with E-state index < -0.39 is 17.2 Å². The number of carbonyl (C=O) groups is 1. The average molecular weight is 425 g/mol. The van der Waals surface area contributed by atoms with Crippen molar-refractivity contribution in [3.8, 4) is 0 Å². The van der Waals surface area contributed by atoms with E-state index in [9.17, 15) is 20.0 Å². The first-order valence-corrected chi connectivity index (χ1v) is 9.34. The number of nitrogens with zero attached hydrogens (tertiary/aromatic N) is 6. The zero-order chi connectivity index (χ0) is 21.1. The lowest BCUT2D eigenvalue weighted by atomic mass is 10.2. The molecule has 0 bridgehead atoms. The molecule has 1 saturated heterocycles. The third-order valence-electron chi connectivity index (χ3n) is 4.30. The fourth-order valence-corrected chi connectivity index (χ4v) is 4.20. The number of aliphatic hydroxyl groups is 1.